The Morgan fingerprint density at radius 3 is 2.21 bits per heavy atom. The van der Waals surface area contributed by atoms with E-state index in [1.807, 2.05) is 0 Å². The minimum atomic E-state index is -1.85. The van der Waals surface area contributed by atoms with Gasteiger partial charge in [0.2, 0.25) is 0 Å². The van der Waals surface area contributed by atoms with E-state index in [0.717, 1.165) is 6.08 Å². The Morgan fingerprint density at radius 1 is 0.875 bits per heavy atom. The summed E-state index contributed by atoms with van der Waals surface area (Å²) in [6.45, 7) is 7.29. The first-order valence-electron chi connectivity index (χ1n) is 17.8. The number of carbonyl (C=O) groups is 2. The number of aliphatic hydroxyl groups excluding tert-OH is 4. The molecule has 2 heterocycles. The number of hydrogen-bond donors (Lipinski definition) is 9. The molecule has 0 radical (unpaired) electrons. The van der Waals surface area contributed by atoms with Gasteiger partial charge in [-0.1, -0.05) is 24.3 Å². The van der Waals surface area contributed by atoms with Crippen LogP contribution in [-0.2, 0) is 44.4 Å². The first-order chi connectivity index (χ1) is 26.4. The van der Waals surface area contributed by atoms with Gasteiger partial charge in [-0.2, -0.15) is 0 Å². The third-order valence-corrected chi connectivity index (χ3v) is 9.33. The average Bonchev–Trinajstić information content (AvgIpc) is 3.16. The maximum atomic E-state index is 13.3. The van der Waals surface area contributed by atoms with Crippen LogP contribution < -0.4 is 0 Å². The lowest BCUT2D eigenvalue weighted by Gasteiger charge is -2.46. The maximum absolute atomic E-state index is 13.3. The van der Waals surface area contributed by atoms with Crippen molar-refractivity contribution in [3.8, 4) is 23.0 Å². The Bertz CT molecular complexity index is 1720. The summed E-state index contributed by atoms with van der Waals surface area (Å²) < 4.78 is 34.7. The molecule has 2 saturated heterocycles. The van der Waals surface area contributed by atoms with Crippen LogP contribution in [-0.4, -0.2) is 138 Å². The molecule has 0 bridgehead atoms. The van der Waals surface area contributed by atoms with Crippen LogP contribution in [0.3, 0.4) is 0 Å². The lowest BCUT2D eigenvalue weighted by molar-refractivity contribution is -0.357. The second-order valence-electron chi connectivity index (χ2n) is 13.8. The molecule has 308 valence electrons. The summed E-state index contributed by atoms with van der Waals surface area (Å²) in [5, 5.41) is 92.4. The van der Waals surface area contributed by atoms with Crippen LogP contribution in [0.2, 0.25) is 0 Å². The van der Waals surface area contributed by atoms with Gasteiger partial charge in [-0.15, -0.1) is 6.58 Å². The Morgan fingerprint density at radius 2 is 1.55 bits per heavy atom. The topological polar surface area (TPSA) is 272 Å². The molecular formula is C39H50O17. The zero-order valence-electron chi connectivity index (χ0n) is 31.1. The smallest absolute Gasteiger partial charge is 0.333 e. The Balaban J connectivity index is 1.63. The van der Waals surface area contributed by atoms with Crippen molar-refractivity contribution in [3.63, 3.8) is 0 Å². The SMILES string of the molecule is C=CC(C)(O)CCC=C(C)C(=O)OCC1OC(OCCc2ccc(O)c(O)c2)C(O)C(OC2OC(C)C(O)C(O)C2O)C1OC(=O)C=Cc1ccc(O)c(O)c1. The number of hydrogen-bond acceptors (Lipinski definition) is 17. The summed E-state index contributed by atoms with van der Waals surface area (Å²) in [5.41, 5.74) is -0.156. The highest BCUT2D eigenvalue weighted by Gasteiger charge is 2.52. The van der Waals surface area contributed by atoms with Gasteiger partial charge in [0.25, 0.3) is 0 Å². The molecule has 17 nitrogen and oxygen atoms in total. The van der Waals surface area contributed by atoms with E-state index in [-0.39, 0.29) is 42.3 Å². The van der Waals surface area contributed by atoms with E-state index in [4.69, 9.17) is 28.4 Å². The molecule has 0 saturated carbocycles. The molecule has 56 heavy (non-hydrogen) atoms. The van der Waals surface area contributed by atoms with E-state index in [0.29, 0.717) is 17.5 Å². The Labute approximate surface area is 322 Å². The van der Waals surface area contributed by atoms with Crippen molar-refractivity contribution < 1.29 is 84.0 Å². The zero-order valence-corrected chi connectivity index (χ0v) is 31.1. The molecular weight excluding hydrogens is 740 g/mol. The summed E-state index contributed by atoms with van der Waals surface area (Å²) in [7, 11) is 0. The Kier molecular flexibility index (Phi) is 15.4. The number of aromatic hydroxyl groups is 4. The number of carbonyl (C=O) groups excluding carboxylic acids is 2. The van der Waals surface area contributed by atoms with E-state index in [9.17, 15) is 55.5 Å². The van der Waals surface area contributed by atoms with Gasteiger partial charge in [-0.25, -0.2) is 9.59 Å². The molecule has 2 fully saturated rings. The second-order valence-corrected chi connectivity index (χ2v) is 13.8. The van der Waals surface area contributed by atoms with Crippen LogP contribution in [0.15, 0.2) is 66.8 Å². The van der Waals surface area contributed by atoms with Crippen LogP contribution in [0.25, 0.3) is 6.08 Å². The number of allylic oxidation sites excluding steroid dienone is 1. The highest BCUT2D eigenvalue weighted by Crippen LogP contribution is 2.33. The van der Waals surface area contributed by atoms with Crippen LogP contribution in [0.1, 0.15) is 44.7 Å². The van der Waals surface area contributed by atoms with E-state index in [2.05, 4.69) is 6.58 Å². The van der Waals surface area contributed by atoms with Crippen molar-refractivity contribution in [2.24, 2.45) is 0 Å². The monoisotopic (exact) mass is 790 g/mol. The molecule has 2 aromatic carbocycles. The number of phenolic OH excluding ortho intramolecular Hbond substituents is 4. The largest absolute Gasteiger partial charge is 0.504 e. The molecule has 4 rings (SSSR count). The second kappa shape index (κ2) is 19.5. The predicted molar refractivity (Wildman–Crippen MR) is 195 cm³/mol. The summed E-state index contributed by atoms with van der Waals surface area (Å²) in [6.07, 6.45) is -10.1. The predicted octanol–water partition coefficient (Wildman–Crippen LogP) is 1.20. The molecule has 0 aromatic heterocycles. The van der Waals surface area contributed by atoms with E-state index in [1.165, 1.54) is 62.4 Å². The van der Waals surface area contributed by atoms with Gasteiger partial charge >= 0.3 is 11.9 Å². The zero-order chi connectivity index (χ0) is 41.3. The molecule has 0 aliphatic carbocycles. The van der Waals surface area contributed by atoms with Crippen molar-refractivity contribution in [1.82, 2.24) is 0 Å². The van der Waals surface area contributed by atoms with Crippen molar-refractivity contribution in [2.45, 2.75) is 107 Å². The van der Waals surface area contributed by atoms with E-state index < -0.39 is 91.3 Å². The van der Waals surface area contributed by atoms with Crippen LogP contribution in [0, 0.1) is 0 Å². The van der Waals surface area contributed by atoms with Gasteiger partial charge in [0.05, 0.1) is 18.3 Å². The fourth-order valence-corrected chi connectivity index (χ4v) is 5.78. The fraction of sp³-hybridized carbons (Fsp3) is 0.487. The van der Waals surface area contributed by atoms with Crippen LogP contribution in [0.4, 0.5) is 0 Å². The first kappa shape index (κ1) is 44.2. The number of benzene rings is 2. The third-order valence-electron chi connectivity index (χ3n) is 9.33. The minimum Gasteiger partial charge on any atom is -0.504 e. The quantitative estimate of drug-likeness (QED) is 0.0500. The van der Waals surface area contributed by atoms with Crippen molar-refractivity contribution >= 4 is 18.0 Å². The molecule has 17 heteroatoms. The molecule has 11 atom stereocenters. The highest BCUT2D eigenvalue weighted by atomic mass is 16.7. The molecule has 9 N–H and O–H groups in total. The molecule has 11 unspecified atom stereocenters. The van der Waals surface area contributed by atoms with Crippen LogP contribution >= 0.6 is 0 Å². The summed E-state index contributed by atoms with van der Waals surface area (Å²) >= 11 is 0. The normalized spacial score (nSPS) is 29.4. The Hall–Kier alpha value is -4.56. The average molecular weight is 791 g/mol. The van der Waals surface area contributed by atoms with Gasteiger partial charge in [0.1, 0.15) is 43.2 Å². The van der Waals surface area contributed by atoms with Gasteiger partial charge in [-0.3, -0.25) is 0 Å². The van der Waals surface area contributed by atoms with E-state index in [1.54, 1.807) is 13.0 Å². The molecule has 0 spiro atoms. The number of ether oxygens (including phenoxy) is 6. The van der Waals surface area contributed by atoms with Gasteiger partial charge < -0.3 is 74.4 Å². The lowest BCUT2D eigenvalue weighted by atomic mass is 9.97. The third kappa shape index (κ3) is 11.7. The standard InChI is InChI=1S/C39H50O17/c1-5-39(4,50)15-6-7-20(2)36(49)52-19-28-34(55-29(44)13-10-22-8-11-24(40)26(42)17-22)35(56-38-32(47)31(46)30(45)21(3)53-38)33(48)37(54-28)51-16-14-23-9-12-25(41)27(43)18-23/h5,7-13,17-18,21,28,30-35,37-38,40-43,45-48,50H,1,6,14-16,19H2,2-4H3. The number of esters is 2. The highest BCUT2D eigenvalue weighted by molar-refractivity contribution is 5.88. The molecule has 0 amide bonds. The van der Waals surface area contributed by atoms with Gasteiger partial charge in [0, 0.05) is 11.6 Å². The number of aliphatic hydroxyl groups is 5. The lowest BCUT2D eigenvalue weighted by Crippen LogP contribution is -2.65. The van der Waals surface area contributed by atoms with Crippen molar-refractivity contribution in [1.29, 1.82) is 0 Å². The molecule has 2 aliphatic rings. The van der Waals surface area contributed by atoms with Gasteiger partial charge in [-0.05, 0) is 81.5 Å². The summed E-state index contributed by atoms with van der Waals surface area (Å²) in [4.78, 5) is 26.4. The van der Waals surface area contributed by atoms with Crippen LogP contribution in [0.5, 0.6) is 23.0 Å². The summed E-state index contributed by atoms with van der Waals surface area (Å²) in [6, 6.07) is 7.90. The number of rotatable bonds is 16. The molecule has 2 aromatic rings. The van der Waals surface area contributed by atoms with Crippen molar-refractivity contribution in [3.05, 3.63) is 77.9 Å². The first-order valence-corrected chi connectivity index (χ1v) is 17.8. The summed E-state index contributed by atoms with van der Waals surface area (Å²) in [5.74, 6) is -3.36. The minimum absolute atomic E-state index is 0.140. The molecule has 2 aliphatic heterocycles. The number of phenols is 4. The maximum Gasteiger partial charge on any atom is 0.333 e. The van der Waals surface area contributed by atoms with E-state index >= 15 is 0 Å². The van der Waals surface area contributed by atoms with Crippen molar-refractivity contribution in [2.75, 3.05) is 13.2 Å². The van der Waals surface area contributed by atoms with Gasteiger partial charge in [0.15, 0.2) is 41.7 Å². The fourth-order valence-electron chi connectivity index (χ4n) is 5.78.